The monoisotopic (exact) mass is 544 g/mol. The number of rotatable bonds is 3. The van der Waals surface area contributed by atoms with E-state index in [-0.39, 0.29) is 16.8 Å². The van der Waals surface area contributed by atoms with E-state index >= 15 is 0 Å². The van der Waals surface area contributed by atoms with Gasteiger partial charge in [-0.1, -0.05) is 52.3 Å². The molecule has 8 unspecified atom stereocenters. The van der Waals surface area contributed by atoms with Crippen molar-refractivity contribution in [1.82, 2.24) is 0 Å². The summed E-state index contributed by atoms with van der Waals surface area (Å²) in [6, 6.07) is 8.16. The molecule has 5 aliphatic rings. The third kappa shape index (κ3) is 4.10. The highest BCUT2D eigenvalue weighted by atomic mass is 16.6. The summed E-state index contributed by atoms with van der Waals surface area (Å²) in [5.41, 5.74) is 3.60. The molecule has 6 rings (SSSR count). The fourth-order valence-electron chi connectivity index (χ4n) is 11.7. The van der Waals surface area contributed by atoms with Crippen molar-refractivity contribution < 1.29 is 14.3 Å². The molecule has 0 aliphatic heterocycles. The Labute approximate surface area is 242 Å². The van der Waals surface area contributed by atoms with Gasteiger partial charge in [0.2, 0.25) is 0 Å². The molecule has 4 fully saturated rings. The van der Waals surface area contributed by atoms with Gasteiger partial charge in [-0.25, -0.2) is 4.79 Å². The first-order valence-electron chi connectivity index (χ1n) is 16.3. The molecule has 0 radical (unpaired) electrons. The summed E-state index contributed by atoms with van der Waals surface area (Å²) < 4.78 is 5.60. The zero-order chi connectivity index (χ0) is 28.7. The maximum absolute atomic E-state index is 12.6. The molecule has 4 saturated carbocycles. The number of carbonyl (C=O) groups is 2. The molecule has 3 nitrogen and oxygen atoms in total. The molecule has 1 aromatic rings. The van der Waals surface area contributed by atoms with Crippen molar-refractivity contribution in [1.29, 1.82) is 0 Å². The Balaban J connectivity index is 1.27. The molecule has 8 atom stereocenters. The van der Waals surface area contributed by atoms with Gasteiger partial charge in [-0.05, 0) is 148 Å². The van der Waals surface area contributed by atoms with Crippen molar-refractivity contribution in [2.75, 3.05) is 0 Å². The van der Waals surface area contributed by atoms with E-state index in [0.717, 1.165) is 37.0 Å². The van der Waals surface area contributed by atoms with Crippen molar-refractivity contribution in [3.8, 4) is 0 Å². The molecule has 0 N–H and O–H groups in total. The van der Waals surface area contributed by atoms with Crippen molar-refractivity contribution in [3.05, 3.63) is 41.5 Å². The van der Waals surface area contributed by atoms with Crippen molar-refractivity contribution >= 4 is 17.8 Å². The maximum Gasteiger partial charge on any atom is 0.338 e. The highest BCUT2D eigenvalue weighted by Gasteiger charge is 2.65. The highest BCUT2D eigenvalue weighted by molar-refractivity contribution is 5.90. The number of fused-ring (bicyclic) bond motifs is 7. The van der Waals surface area contributed by atoms with Gasteiger partial charge < -0.3 is 9.53 Å². The van der Waals surface area contributed by atoms with Gasteiger partial charge in [-0.3, -0.25) is 0 Å². The van der Waals surface area contributed by atoms with Crippen molar-refractivity contribution in [3.63, 3.8) is 0 Å². The van der Waals surface area contributed by atoms with Gasteiger partial charge in [0.15, 0.2) is 0 Å². The molecule has 218 valence electrons. The van der Waals surface area contributed by atoms with E-state index in [1.165, 1.54) is 62.4 Å². The minimum absolute atomic E-state index is 0.00890. The van der Waals surface area contributed by atoms with Crippen LogP contribution in [0.1, 0.15) is 129 Å². The van der Waals surface area contributed by atoms with Crippen LogP contribution in [0.3, 0.4) is 0 Å². The minimum atomic E-state index is -0.491. The minimum Gasteiger partial charge on any atom is -0.456 e. The molecule has 1 aromatic carbocycles. The average Bonchev–Trinajstić information content (AvgIpc) is 3.32. The van der Waals surface area contributed by atoms with E-state index in [4.69, 9.17) is 4.74 Å². The Kier molecular flexibility index (Phi) is 6.56. The second-order valence-electron chi connectivity index (χ2n) is 16.5. The molecule has 0 amide bonds. The molecular weight excluding hydrogens is 492 g/mol. The topological polar surface area (TPSA) is 43.4 Å². The second kappa shape index (κ2) is 9.30. The zero-order valence-electron chi connectivity index (χ0n) is 26.1. The molecule has 0 saturated heterocycles. The van der Waals surface area contributed by atoms with Crippen LogP contribution in [0.5, 0.6) is 0 Å². The van der Waals surface area contributed by atoms with Crippen LogP contribution in [0.2, 0.25) is 0 Å². The quantitative estimate of drug-likeness (QED) is 0.281. The van der Waals surface area contributed by atoms with Crippen LogP contribution >= 0.6 is 0 Å². The van der Waals surface area contributed by atoms with Crippen LogP contribution in [0.25, 0.3) is 5.57 Å². The van der Waals surface area contributed by atoms with Gasteiger partial charge in [-0.2, -0.15) is 0 Å². The lowest BCUT2D eigenvalue weighted by atomic mass is 9.36. The Bertz CT molecular complexity index is 1200. The molecule has 0 bridgehead atoms. The van der Waals surface area contributed by atoms with Crippen LogP contribution < -0.4 is 0 Å². The van der Waals surface area contributed by atoms with E-state index in [0.29, 0.717) is 28.2 Å². The first-order valence-corrected chi connectivity index (χ1v) is 16.3. The van der Waals surface area contributed by atoms with E-state index < -0.39 is 5.60 Å². The number of hydrogen-bond donors (Lipinski definition) is 0. The maximum atomic E-state index is 12.6. The van der Waals surface area contributed by atoms with Gasteiger partial charge in [0, 0.05) is 5.41 Å². The van der Waals surface area contributed by atoms with Crippen LogP contribution in [0, 0.1) is 51.2 Å². The third-order valence-corrected chi connectivity index (χ3v) is 13.2. The second-order valence-corrected chi connectivity index (χ2v) is 16.5. The number of benzene rings is 1. The first-order chi connectivity index (χ1) is 18.8. The van der Waals surface area contributed by atoms with Crippen molar-refractivity contribution in [2.45, 2.75) is 118 Å². The lowest BCUT2D eigenvalue weighted by Crippen LogP contribution is -2.61. The number of aldehydes is 1. The number of allylic oxidation sites excluding steroid dienone is 2. The standard InChI is InChI=1S/C37H52O3/c1-33(2,3)40-32(39)25-12-10-24(11-13-25)27-16-20-36(7)30(34(27,4)5)18-21-35(6)28-17-22-37(23-38)19-8-9-29(37)26(28)14-15-31(35)36/h10-13,16,23,26,28-31H,8-9,14-15,17-22H2,1-7H3. The molecular formula is C37H52O3. The fraction of sp³-hybridized carbons (Fsp3) is 0.730. The normalized spacial score (nSPS) is 42.0. The zero-order valence-corrected chi connectivity index (χ0v) is 26.1. The summed E-state index contributed by atoms with van der Waals surface area (Å²) in [6.45, 7) is 16.0. The average molecular weight is 545 g/mol. The molecule has 0 spiro atoms. The summed E-state index contributed by atoms with van der Waals surface area (Å²) in [5, 5.41) is 0. The predicted octanol–water partition coefficient (Wildman–Crippen LogP) is 9.30. The lowest BCUT2D eigenvalue weighted by Gasteiger charge is -2.68. The lowest BCUT2D eigenvalue weighted by molar-refractivity contribution is -0.178. The van der Waals surface area contributed by atoms with Gasteiger partial charge in [0.1, 0.15) is 11.9 Å². The third-order valence-electron chi connectivity index (χ3n) is 13.2. The van der Waals surface area contributed by atoms with Crippen molar-refractivity contribution in [2.24, 2.45) is 51.2 Å². The Morgan fingerprint density at radius 2 is 1.57 bits per heavy atom. The first kappa shape index (κ1) is 28.2. The van der Waals surface area contributed by atoms with Crippen LogP contribution in [0.15, 0.2) is 30.3 Å². The number of ether oxygens (including phenoxy) is 1. The molecule has 3 heteroatoms. The van der Waals surface area contributed by atoms with E-state index in [2.05, 4.69) is 45.9 Å². The highest BCUT2D eigenvalue weighted by Crippen LogP contribution is 2.73. The summed E-state index contributed by atoms with van der Waals surface area (Å²) >= 11 is 0. The molecule has 40 heavy (non-hydrogen) atoms. The van der Waals surface area contributed by atoms with Gasteiger partial charge in [-0.15, -0.1) is 0 Å². The fourth-order valence-corrected chi connectivity index (χ4v) is 11.7. The summed E-state index contributed by atoms with van der Waals surface area (Å²) in [7, 11) is 0. The summed E-state index contributed by atoms with van der Waals surface area (Å²) in [4.78, 5) is 24.9. The number of carbonyl (C=O) groups excluding carboxylic acids is 2. The summed E-state index contributed by atoms with van der Waals surface area (Å²) in [5.74, 6) is 3.32. The Morgan fingerprint density at radius 1 is 0.850 bits per heavy atom. The van der Waals surface area contributed by atoms with Gasteiger partial charge in [0.05, 0.1) is 5.56 Å². The van der Waals surface area contributed by atoms with E-state index in [1.54, 1.807) is 0 Å². The summed E-state index contributed by atoms with van der Waals surface area (Å²) in [6.07, 6.45) is 16.5. The molecule has 0 aromatic heterocycles. The van der Waals surface area contributed by atoms with Crippen LogP contribution in [-0.4, -0.2) is 17.9 Å². The van der Waals surface area contributed by atoms with E-state index in [1.807, 2.05) is 32.9 Å². The number of hydrogen-bond acceptors (Lipinski definition) is 3. The van der Waals surface area contributed by atoms with Crippen LogP contribution in [0.4, 0.5) is 0 Å². The van der Waals surface area contributed by atoms with Gasteiger partial charge in [0.25, 0.3) is 0 Å². The smallest absolute Gasteiger partial charge is 0.338 e. The Morgan fingerprint density at radius 3 is 2.25 bits per heavy atom. The van der Waals surface area contributed by atoms with E-state index in [9.17, 15) is 9.59 Å². The molecule has 5 aliphatic carbocycles. The Hall–Kier alpha value is -1.90. The predicted molar refractivity (Wildman–Crippen MR) is 162 cm³/mol. The largest absolute Gasteiger partial charge is 0.456 e. The molecule has 0 heterocycles. The van der Waals surface area contributed by atoms with Gasteiger partial charge >= 0.3 is 5.97 Å². The van der Waals surface area contributed by atoms with Crippen LogP contribution in [-0.2, 0) is 9.53 Å². The number of esters is 1. The SMILES string of the molecule is CC(C)(C)OC(=O)c1ccc(C2=CCC3(C)C(CCC4(C)C5CCC6(C=O)CCCC6C5CCC43)C2(C)C)cc1.